The molecular weight excluding hydrogens is 629 g/mol. The molecule has 8 aromatic rings. The van der Waals surface area contributed by atoms with Crippen LogP contribution in [0.4, 0.5) is 4.39 Å². The highest BCUT2D eigenvalue weighted by Gasteiger charge is 2.12. The van der Waals surface area contributed by atoms with Gasteiger partial charge in [-0.2, -0.15) is 0 Å². The number of halogens is 1. The van der Waals surface area contributed by atoms with Gasteiger partial charge in [0.1, 0.15) is 11.3 Å². The number of aromatic nitrogens is 9. The van der Waals surface area contributed by atoms with Crippen molar-refractivity contribution in [1.29, 1.82) is 0 Å². The van der Waals surface area contributed by atoms with Crippen LogP contribution in [0.2, 0.25) is 0 Å². The highest BCUT2D eigenvalue weighted by atomic mass is 19.1. The molecule has 0 fully saturated rings. The molecule has 0 aliphatic rings. The Morgan fingerprint density at radius 3 is 1.65 bits per heavy atom. The summed E-state index contributed by atoms with van der Waals surface area (Å²) in [6.07, 6.45) is 7.80. The zero-order valence-corrected chi connectivity index (χ0v) is 26.0. The van der Waals surface area contributed by atoms with Crippen LogP contribution in [0, 0.1) is 5.82 Å². The molecule has 0 aliphatic heterocycles. The van der Waals surface area contributed by atoms with Gasteiger partial charge in [-0.3, -0.25) is 19.6 Å². The molecule has 0 aliphatic carbocycles. The SMILES string of the molecule is COc1ccc(-c2cc(-c3cc4c(=O)[nH]cnc4[nH]3)ccn2)cc1F.COc1ccc(-c2cc(-c3cc4c(=O)[nH]cnc4[nH]3)ccn2)cn1. The first kappa shape index (κ1) is 30.7. The van der Waals surface area contributed by atoms with Crippen molar-refractivity contribution in [1.82, 2.24) is 44.9 Å². The number of nitrogens with one attached hydrogen (secondary N) is 4. The molecule has 14 heteroatoms. The third-order valence-corrected chi connectivity index (χ3v) is 7.69. The van der Waals surface area contributed by atoms with Gasteiger partial charge in [-0.1, -0.05) is 0 Å². The number of hydrogen-bond donors (Lipinski definition) is 4. The van der Waals surface area contributed by atoms with Crippen LogP contribution in [-0.4, -0.2) is 59.1 Å². The van der Waals surface area contributed by atoms with Gasteiger partial charge in [0.05, 0.1) is 49.0 Å². The van der Waals surface area contributed by atoms with Crippen molar-refractivity contribution in [2.45, 2.75) is 0 Å². The van der Waals surface area contributed by atoms with Gasteiger partial charge in [0.25, 0.3) is 11.1 Å². The lowest BCUT2D eigenvalue weighted by molar-refractivity contribution is 0.386. The van der Waals surface area contributed by atoms with Crippen molar-refractivity contribution in [2.24, 2.45) is 0 Å². The number of rotatable bonds is 6. The van der Waals surface area contributed by atoms with Crippen molar-refractivity contribution in [3.05, 3.63) is 125 Å². The molecular formula is C35H26FN9O4. The smallest absolute Gasteiger partial charge is 0.260 e. The van der Waals surface area contributed by atoms with Crippen molar-refractivity contribution in [2.75, 3.05) is 14.2 Å². The number of aromatic amines is 4. The minimum absolute atomic E-state index is 0.170. The monoisotopic (exact) mass is 655 g/mol. The van der Waals surface area contributed by atoms with Gasteiger partial charge in [-0.15, -0.1) is 0 Å². The molecule has 0 radical (unpaired) electrons. The van der Waals surface area contributed by atoms with Crippen molar-refractivity contribution >= 4 is 22.1 Å². The number of H-pyrrole nitrogens is 4. The van der Waals surface area contributed by atoms with E-state index in [1.807, 2.05) is 30.3 Å². The van der Waals surface area contributed by atoms with E-state index in [9.17, 15) is 14.0 Å². The molecule has 0 unspecified atom stereocenters. The van der Waals surface area contributed by atoms with Crippen LogP contribution >= 0.6 is 0 Å². The van der Waals surface area contributed by atoms with Crippen LogP contribution in [0.25, 0.3) is 67.1 Å². The Bertz CT molecular complexity index is 2560. The first-order valence-corrected chi connectivity index (χ1v) is 14.8. The van der Waals surface area contributed by atoms with E-state index in [-0.39, 0.29) is 16.9 Å². The Balaban J connectivity index is 0.000000154. The van der Waals surface area contributed by atoms with E-state index < -0.39 is 5.82 Å². The largest absolute Gasteiger partial charge is 0.494 e. The summed E-state index contributed by atoms with van der Waals surface area (Å²) in [7, 11) is 3.00. The molecule has 1 aromatic carbocycles. The van der Waals surface area contributed by atoms with Crippen LogP contribution in [0.3, 0.4) is 0 Å². The number of nitrogens with zero attached hydrogens (tertiary/aromatic N) is 5. The Hall–Kier alpha value is -6.96. The normalized spacial score (nSPS) is 10.9. The van der Waals surface area contributed by atoms with E-state index in [0.717, 1.165) is 33.8 Å². The third-order valence-electron chi connectivity index (χ3n) is 7.69. The molecule has 0 saturated heterocycles. The lowest BCUT2D eigenvalue weighted by Gasteiger charge is -2.06. The lowest BCUT2D eigenvalue weighted by Crippen LogP contribution is -2.04. The molecule has 13 nitrogen and oxygen atoms in total. The molecule has 0 amide bonds. The van der Waals surface area contributed by atoms with Crippen molar-refractivity contribution < 1.29 is 13.9 Å². The van der Waals surface area contributed by atoms with E-state index >= 15 is 0 Å². The van der Waals surface area contributed by atoms with E-state index in [4.69, 9.17) is 9.47 Å². The Morgan fingerprint density at radius 1 is 0.592 bits per heavy atom. The Morgan fingerprint density at radius 2 is 1.16 bits per heavy atom. The molecule has 4 N–H and O–H groups in total. The van der Waals surface area contributed by atoms with Gasteiger partial charge in [-0.25, -0.2) is 19.3 Å². The van der Waals surface area contributed by atoms with Crippen LogP contribution < -0.4 is 20.6 Å². The predicted molar refractivity (Wildman–Crippen MR) is 182 cm³/mol. The Labute approximate surface area is 275 Å². The molecule has 0 atom stereocenters. The van der Waals surface area contributed by atoms with Gasteiger partial charge in [0.15, 0.2) is 11.6 Å². The third kappa shape index (κ3) is 6.25. The quantitative estimate of drug-likeness (QED) is 0.180. The number of fused-ring (bicyclic) bond motifs is 2. The van der Waals surface area contributed by atoms with Crippen LogP contribution in [-0.2, 0) is 0 Å². The standard InChI is InChI=1S/C18H13FN4O2.C17H13N5O2/c1-25-16-3-2-10(6-13(16)19)14-7-11(4-5-20-14)15-8-12-17(23-15)21-9-22-18(12)24;1-24-15-3-2-11(8-19-15)13-6-10(4-5-18-13)14-7-12-16(22-14)20-9-21-17(12)23/h2-9H,1H3,(H2,21,22,23,24);2-9H,1H3,(H2,20,21,22,23). The maximum Gasteiger partial charge on any atom is 0.260 e. The molecule has 8 rings (SSSR count). The molecule has 0 spiro atoms. The zero-order chi connectivity index (χ0) is 33.9. The first-order valence-electron chi connectivity index (χ1n) is 14.8. The molecule has 7 aromatic heterocycles. The topological polar surface area (TPSA) is 180 Å². The number of hydrogen-bond acceptors (Lipinski definition) is 9. The second-order valence-electron chi connectivity index (χ2n) is 10.7. The molecule has 0 saturated carbocycles. The second kappa shape index (κ2) is 13.0. The van der Waals surface area contributed by atoms with E-state index in [1.165, 1.54) is 25.8 Å². The zero-order valence-electron chi connectivity index (χ0n) is 26.0. The van der Waals surface area contributed by atoms with E-state index in [1.54, 1.807) is 56.0 Å². The van der Waals surface area contributed by atoms with Gasteiger partial charge in [0, 0.05) is 58.3 Å². The number of methoxy groups -OCH3 is 2. The summed E-state index contributed by atoms with van der Waals surface area (Å²) in [5.41, 5.74) is 6.85. The fourth-order valence-corrected chi connectivity index (χ4v) is 5.20. The number of pyridine rings is 3. The van der Waals surface area contributed by atoms with Gasteiger partial charge in [-0.05, 0) is 60.7 Å². The predicted octanol–water partition coefficient (Wildman–Crippen LogP) is 5.51. The van der Waals surface area contributed by atoms with Gasteiger partial charge >= 0.3 is 0 Å². The summed E-state index contributed by atoms with van der Waals surface area (Å²) < 4.78 is 23.9. The molecule has 49 heavy (non-hydrogen) atoms. The summed E-state index contributed by atoms with van der Waals surface area (Å²) in [4.78, 5) is 56.1. The summed E-state index contributed by atoms with van der Waals surface area (Å²) in [5.74, 6) is 0.283. The number of ether oxygens (including phenoxy) is 2. The summed E-state index contributed by atoms with van der Waals surface area (Å²) in [6.45, 7) is 0. The summed E-state index contributed by atoms with van der Waals surface area (Å²) >= 11 is 0. The fraction of sp³-hybridized carbons (Fsp3) is 0.0571. The van der Waals surface area contributed by atoms with Crippen LogP contribution in [0.1, 0.15) is 0 Å². The number of benzene rings is 1. The Kier molecular flexibility index (Phi) is 8.16. The molecule has 7 heterocycles. The van der Waals surface area contributed by atoms with Crippen LogP contribution in [0.5, 0.6) is 11.6 Å². The van der Waals surface area contributed by atoms with Crippen LogP contribution in [0.15, 0.2) is 108 Å². The summed E-state index contributed by atoms with van der Waals surface area (Å²) in [5, 5.41) is 1.00. The average molecular weight is 656 g/mol. The highest BCUT2D eigenvalue weighted by Crippen LogP contribution is 2.29. The minimum atomic E-state index is -0.450. The van der Waals surface area contributed by atoms with Gasteiger partial charge < -0.3 is 29.4 Å². The minimum Gasteiger partial charge on any atom is -0.494 e. The lowest BCUT2D eigenvalue weighted by atomic mass is 10.1. The van der Waals surface area contributed by atoms with E-state index in [2.05, 4.69) is 44.9 Å². The molecule has 0 bridgehead atoms. The fourth-order valence-electron chi connectivity index (χ4n) is 5.20. The van der Waals surface area contributed by atoms with Crippen molar-refractivity contribution in [3.8, 4) is 56.7 Å². The second-order valence-corrected chi connectivity index (χ2v) is 10.7. The molecule has 242 valence electrons. The maximum absolute atomic E-state index is 13.9. The van der Waals surface area contributed by atoms with Gasteiger partial charge in [0.2, 0.25) is 5.88 Å². The highest BCUT2D eigenvalue weighted by molar-refractivity contribution is 5.84. The first-order chi connectivity index (χ1) is 23.9. The van der Waals surface area contributed by atoms with Crippen molar-refractivity contribution in [3.63, 3.8) is 0 Å². The maximum atomic E-state index is 13.9. The average Bonchev–Trinajstić information content (AvgIpc) is 3.79. The summed E-state index contributed by atoms with van der Waals surface area (Å²) in [6, 6.07) is 19.3. The van der Waals surface area contributed by atoms with E-state index in [0.29, 0.717) is 39.2 Å².